The van der Waals surface area contributed by atoms with E-state index in [1.54, 1.807) is 30.3 Å². The van der Waals surface area contributed by atoms with E-state index < -0.39 is 11.9 Å². The number of benzene rings is 3. The first-order chi connectivity index (χ1) is 16.5. The van der Waals surface area contributed by atoms with Crippen molar-refractivity contribution in [3.8, 4) is 0 Å². The van der Waals surface area contributed by atoms with Crippen molar-refractivity contribution in [3.05, 3.63) is 106 Å². The normalized spacial score (nSPS) is 20.8. The van der Waals surface area contributed by atoms with E-state index in [1.165, 1.54) is 24.3 Å². The number of aliphatic hydroxyl groups is 1. The van der Waals surface area contributed by atoms with Crippen LogP contribution in [0.2, 0.25) is 0 Å². The highest BCUT2D eigenvalue weighted by Crippen LogP contribution is 2.35. The lowest BCUT2D eigenvalue weighted by Crippen LogP contribution is -2.50. The summed E-state index contributed by atoms with van der Waals surface area (Å²) < 4.78 is 38.5. The van der Waals surface area contributed by atoms with E-state index in [2.05, 4.69) is 10.3 Å². The molecule has 0 spiro atoms. The van der Waals surface area contributed by atoms with E-state index in [0.29, 0.717) is 24.1 Å². The molecule has 4 aromatic rings. The number of fused-ring (bicyclic) bond motifs is 1. The third kappa shape index (κ3) is 4.65. The Morgan fingerprint density at radius 1 is 1.00 bits per heavy atom. The molecule has 1 aromatic heterocycles. The molecule has 8 heteroatoms. The average molecular weight is 466 g/mol. The quantitative estimate of drug-likeness (QED) is 0.402. The lowest BCUT2D eigenvalue weighted by Gasteiger charge is -2.38. The van der Waals surface area contributed by atoms with Gasteiger partial charge in [0.1, 0.15) is 11.6 Å². The van der Waals surface area contributed by atoms with Gasteiger partial charge < -0.3 is 19.6 Å². The number of nitrogens with one attached hydrogen (secondary N) is 2. The Kier molecular flexibility index (Phi) is 6.28. The van der Waals surface area contributed by atoms with Crippen LogP contribution in [0, 0.1) is 11.6 Å². The fraction of sp³-hybridized carbons (Fsp3) is 0.269. The molecule has 5 rings (SSSR count). The second kappa shape index (κ2) is 9.50. The predicted molar refractivity (Wildman–Crippen MR) is 122 cm³/mol. The number of rotatable bonds is 6. The third-order valence-corrected chi connectivity index (χ3v) is 6.34. The number of para-hydroxylation sites is 1. The number of aromatic amines is 1. The van der Waals surface area contributed by atoms with Crippen LogP contribution in [0.3, 0.4) is 0 Å². The second-order valence-corrected chi connectivity index (χ2v) is 8.55. The molecule has 0 saturated carbocycles. The van der Waals surface area contributed by atoms with Gasteiger partial charge in [-0.05, 0) is 41.5 Å². The van der Waals surface area contributed by atoms with Crippen molar-refractivity contribution in [2.24, 2.45) is 0 Å². The number of hydrogen-bond acceptors (Lipinski definition) is 5. The highest BCUT2D eigenvalue weighted by atomic mass is 19.1. The van der Waals surface area contributed by atoms with Crippen molar-refractivity contribution in [1.29, 1.82) is 0 Å². The second-order valence-electron chi connectivity index (χ2n) is 8.55. The fourth-order valence-electron chi connectivity index (χ4n) is 4.61. The number of aromatic nitrogens is 1. The average Bonchev–Trinajstić information content (AvgIpc) is 3.22. The molecule has 3 atom stereocenters. The van der Waals surface area contributed by atoms with Crippen molar-refractivity contribution in [2.45, 2.75) is 37.1 Å². The van der Waals surface area contributed by atoms with Gasteiger partial charge in [0.15, 0.2) is 5.58 Å². The zero-order valence-corrected chi connectivity index (χ0v) is 18.2. The van der Waals surface area contributed by atoms with E-state index in [1.807, 2.05) is 12.1 Å². The van der Waals surface area contributed by atoms with Gasteiger partial charge in [0.05, 0.1) is 30.4 Å². The molecular weight excluding hydrogens is 442 g/mol. The van der Waals surface area contributed by atoms with Gasteiger partial charge in [0, 0.05) is 24.4 Å². The van der Waals surface area contributed by atoms with E-state index >= 15 is 0 Å². The van der Waals surface area contributed by atoms with Crippen molar-refractivity contribution in [1.82, 2.24) is 10.3 Å². The van der Waals surface area contributed by atoms with Gasteiger partial charge in [0.25, 0.3) is 0 Å². The standard InChI is InChI=1S/C26H24F2N2O4/c27-18-8-4-15(5-9-18)24(16-6-10-19(28)11-7-16)23-12-22(31)21(14-33-23)29-13-17-2-1-3-20-25(17)34-26(32)30-20/h1-11,21-24,29,31H,12-14H2,(H,30,32)/t21-,22+,23+/m1/s1. The molecule has 0 amide bonds. The first-order valence-electron chi connectivity index (χ1n) is 11.1. The van der Waals surface area contributed by atoms with Gasteiger partial charge in [-0.3, -0.25) is 4.98 Å². The van der Waals surface area contributed by atoms with Gasteiger partial charge in [-0.1, -0.05) is 36.4 Å². The molecule has 176 valence electrons. The van der Waals surface area contributed by atoms with Crippen LogP contribution in [0.4, 0.5) is 8.78 Å². The van der Waals surface area contributed by atoms with Crippen LogP contribution >= 0.6 is 0 Å². The number of oxazole rings is 1. The molecule has 1 aliphatic heterocycles. The minimum Gasteiger partial charge on any atom is -0.408 e. The van der Waals surface area contributed by atoms with E-state index in [0.717, 1.165) is 16.7 Å². The minimum absolute atomic E-state index is 0.248. The predicted octanol–water partition coefficient (Wildman–Crippen LogP) is 3.84. The molecule has 3 aromatic carbocycles. The molecule has 0 aliphatic carbocycles. The molecule has 0 bridgehead atoms. The molecule has 3 N–H and O–H groups in total. The molecule has 2 heterocycles. The zero-order valence-electron chi connectivity index (χ0n) is 18.2. The third-order valence-electron chi connectivity index (χ3n) is 6.34. The number of hydrogen-bond donors (Lipinski definition) is 3. The summed E-state index contributed by atoms with van der Waals surface area (Å²) in [4.78, 5) is 14.2. The first kappa shape index (κ1) is 22.5. The fourth-order valence-corrected chi connectivity index (χ4v) is 4.61. The number of H-pyrrole nitrogens is 1. The van der Waals surface area contributed by atoms with Gasteiger partial charge in [-0.2, -0.15) is 0 Å². The molecule has 0 radical (unpaired) electrons. The summed E-state index contributed by atoms with van der Waals surface area (Å²) in [5.74, 6) is -1.49. The maximum Gasteiger partial charge on any atom is 0.417 e. The SMILES string of the molecule is O=c1[nH]c2cccc(CN[C@@H]3CO[C@H](C(c4ccc(F)cc4)c4ccc(F)cc4)C[C@@H]3O)c2o1. The lowest BCUT2D eigenvalue weighted by molar-refractivity contribution is -0.0718. The molecule has 1 fully saturated rings. The summed E-state index contributed by atoms with van der Waals surface area (Å²) in [5, 5.41) is 14.2. The highest BCUT2D eigenvalue weighted by molar-refractivity contribution is 5.75. The van der Waals surface area contributed by atoms with Gasteiger partial charge in [0.2, 0.25) is 0 Å². The van der Waals surface area contributed by atoms with Gasteiger partial charge in [-0.15, -0.1) is 0 Å². The molecule has 0 unspecified atom stereocenters. The Bertz CT molecular complexity index is 1270. The Balaban J connectivity index is 1.32. The summed E-state index contributed by atoms with van der Waals surface area (Å²) >= 11 is 0. The minimum atomic E-state index is -0.709. The van der Waals surface area contributed by atoms with Crippen molar-refractivity contribution < 1.29 is 23.0 Å². The van der Waals surface area contributed by atoms with Gasteiger partial charge in [-0.25, -0.2) is 13.6 Å². The summed E-state index contributed by atoms with van der Waals surface area (Å²) in [7, 11) is 0. The summed E-state index contributed by atoms with van der Waals surface area (Å²) in [6.07, 6.45) is -0.754. The monoisotopic (exact) mass is 466 g/mol. The van der Waals surface area contributed by atoms with Crippen LogP contribution in [0.1, 0.15) is 29.0 Å². The van der Waals surface area contributed by atoms with Crippen LogP contribution in [0.5, 0.6) is 0 Å². The van der Waals surface area contributed by atoms with Crippen LogP contribution in [-0.2, 0) is 11.3 Å². The highest BCUT2D eigenvalue weighted by Gasteiger charge is 2.35. The molecular formula is C26H24F2N2O4. The smallest absolute Gasteiger partial charge is 0.408 e. The van der Waals surface area contributed by atoms with Crippen LogP contribution in [0.15, 0.2) is 75.9 Å². The van der Waals surface area contributed by atoms with E-state index in [-0.39, 0.29) is 36.3 Å². The molecule has 1 aliphatic rings. The number of ether oxygens (including phenoxy) is 1. The Morgan fingerprint density at radius 2 is 1.65 bits per heavy atom. The Hall–Kier alpha value is -3.33. The van der Waals surface area contributed by atoms with E-state index in [9.17, 15) is 18.7 Å². The molecule has 1 saturated heterocycles. The lowest BCUT2D eigenvalue weighted by atomic mass is 9.82. The molecule has 34 heavy (non-hydrogen) atoms. The topological polar surface area (TPSA) is 87.5 Å². The maximum atomic E-state index is 13.5. The van der Waals surface area contributed by atoms with Crippen molar-refractivity contribution in [2.75, 3.05) is 6.61 Å². The number of halogens is 2. The maximum absolute atomic E-state index is 13.5. The van der Waals surface area contributed by atoms with Crippen LogP contribution in [0.25, 0.3) is 11.1 Å². The van der Waals surface area contributed by atoms with Crippen molar-refractivity contribution >= 4 is 11.1 Å². The number of aliphatic hydroxyl groups excluding tert-OH is 1. The van der Waals surface area contributed by atoms with Crippen molar-refractivity contribution in [3.63, 3.8) is 0 Å². The first-order valence-corrected chi connectivity index (χ1v) is 11.1. The van der Waals surface area contributed by atoms with Gasteiger partial charge >= 0.3 is 5.76 Å². The summed E-state index contributed by atoms with van der Waals surface area (Å²) in [5.41, 5.74) is 3.54. The Morgan fingerprint density at radius 3 is 2.26 bits per heavy atom. The van der Waals surface area contributed by atoms with Crippen LogP contribution < -0.4 is 11.1 Å². The Labute approximate surface area is 194 Å². The largest absolute Gasteiger partial charge is 0.417 e. The summed E-state index contributed by atoms with van der Waals surface area (Å²) in [6.45, 7) is 0.630. The van der Waals surface area contributed by atoms with Crippen LogP contribution in [-0.4, -0.2) is 34.9 Å². The molecule has 6 nitrogen and oxygen atoms in total. The van der Waals surface area contributed by atoms with E-state index in [4.69, 9.17) is 9.15 Å². The zero-order chi connectivity index (χ0) is 23.7. The summed E-state index contributed by atoms with van der Waals surface area (Å²) in [6, 6.07) is 17.4.